The average molecular weight is 454 g/mol. The van der Waals surface area contributed by atoms with Gasteiger partial charge >= 0.3 is 12.3 Å². The topological polar surface area (TPSA) is 84.7 Å². The van der Waals surface area contributed by atoms with E-state index in [2.05, 4.69) is 15.6 Å². The first-order chi connectivity index (χ1) is 14.5. The molecule has 31 heavy (non-hydrogen) atoms. The molecular weight excluding hydrogens is 433 g/mol. The maximum atomic E-state index is 12.8. The Bertz CT molecular complexity index is 1080. The number of fused-ring (bicyclic) bond motifs is 1. The van der Waals surface area contributed by atoms with Gasteiger partial charge in [0.1, 0.15) is 17.0 Å². The van der Waals surface area contributed by atoms with E-state index < -0.39 is 29.3 Å². The molecule has 2 heterocycles. The molecule has 0 aliphatic carbocycles. The maximum Gasteiger partial charge on any atom is 0.416 e. The molecule has 0 aliphatic heterocycles. The second kappa shape index (κ2) is 8.58. The molecule has 0 unspecified atom stereocenters. The lowest BCUT2D eigenvalue weighted by atomic mass is 10.1. The quantitative estimate of drug-likeness (QED) is 0.562. The Kier molecular flexibility index (Phi) is 6.25. The Balaban J connectivity index is 1.74. The van der Waals surface area contributed by atoms with Gasteiger partial charge in [-0.1, -0.05) is 12.1 Å². The number of aromatic nitrogens is 2. The van der Waals surface area contributed by atoms with E-state index in [1.54, 1.807) is 36.7 Å². The van der Waals surface area contributed by atoms with Gasteiger partial charge in [-0.3, -0.25) is 9.20 Å². The van der Waals surface area contributed by atoms with Crippen molar-refractivity contribution in [2.75, 3.05) is 13.1 Å². The van der Waals surface area contributed by atoms with Crippen LogP contribution in [0.25, 0.3) is 16.2 Å². The molecule has 1 aromatic carbocycles. The number of carbonyl (C=O) groups excluding carboxylic acids is 2. The molecule has 0 radical (unpaired) electrons. The lowest BCUT2D eigenvalue weighted by Gasteiger charge is -2.19. The number of carbonyl (C=O) groups is 2. The van der Waals surface area contributed by atoms with Gasteiger partial charge < -0.3 is 15.4 Å². The molecule has 3 aromatic rings. The number of nitrogens with one attached hydrogen (secondary N) is 2. The van der Waals surface area contributed by atoms with Crippen molar-refractivity contribution in [2.24, 2.45) is 0 Å². The third kappa shape index (κ3) is 5.54. The fourth-order valence-electron chi connectivity index (χ4n) is 2.76. The highest BCUT2D eigenvalue weighted by atomic mass is 32.1. The molecule has 0 saturated carbocycles. The van der Waals surface area contributed by atoms with Crippen LogP contribution in [0.4, 0.5) is 18.0 Å². The zero-order valence-corrected chi connectivity index (χ0v) is 17.9. The van der Waals surface area contributed by atoms with Crippen molar-refractivity contribution in [3.8, 4) is 11.3 Å². The number of imidazole rings is 1. The highest BCUT2D eigenvalue weighted by Crippen LogP contribution is 2.32. The van der Waals surface area contributed by atoms with Gasteiger partial charge in [0.2, 0.25) is 0 Å². The lowest BCUT2D eigenvalue weighted by molar-refractivity contribution is -0.137. The van der Waals surface area contributed by atoms with Gasteiger partial charge in [0.05, 0.1) is 5.56 Å². The van der Waals surface area contributed by atoms with Gasteiger partial charge in [0, 0.05) is 30.2 Å². The van der Waals surface area contributed by atoms with Gasteiger partial charge in [0.15, 0.2) is 4.96 Å². The van der Waals surface area contributed by atoms with Crippen LogP contribution in [0.15, 0.2) is 35.8 Å². The van der Waals surface area contributed by atoms with Crippen LogP contribution in [0.2, 0.25) is 0 Å². The number of amides is 2. The van der Waals surface area contributed by atoms with E-state index in [4.69, 9.17) is 4.74 Å². The van der Waals surface area contributed by atoms with Gasteiger partial charge in [-0.25, -0.2) is 9.78 Å². The van der Waals surface area contributed by atoms with E-state index in [-0.39, 0.29) is 24.5 Å². The minimum Gasteiger partial charge on any atom is -0.444 e. The van der Waals surface area contributed by atoms with Crippen LogP contribution in [0.3, 0.4) is 0 Å². The fourth-order valence-corrected chi connectivity index (χ4v) is 3.47. The molecule has 0 bridgehead atoms. The molecule has 0 fully saturated rings. The van der Waals surface area contributed by atoms with Crippen LogP contribution in [0, 0.1) is 0 Å². The standard InChI is InChI=1S/C20H21F3N4O3S/c1-19(2,3)30-18(29)25-9-8-24-16(28)15-14(26-17-27(15)10-11-31-17)12-4-6-13(7-5-12)20(21,22)23/h4-7,10-11H,8-9H2,1-3H3,(H,24,28)(H,25,29). The Labute approximate surface area is 180 Å². The van der Waals surface area contributed by atoms with Crippen LogP contribution in [0.5, 0.6) is 0 Å². The third-order valence-corrected chi connectivity index (χ3v) is 4.80. The zero-order chi connectivity index (χ0) is 22.8. The molecule has 3 rings (SSSR count). The number of ether oxygens (including phenoxy) is 1. The van der Waals surface area contributed by atoms with Crippen LogP contribution < -0.4 is 10.6 Å². The smallest absolute Gasteiger partial charge is 0.416 e. The number of hydrogen-bond donors (Lipinski definition) is 2. The van der Waals surface area contributed by atoms with Crippen molar-refractivity contribution in [3.05, 3.63) is 47.1 Å². The molecule has 0 atom stereocenters. The number of benzene rings is 1. The highest BCUT2D eigenvalue weighted by molar-refractivity contribution is 7.15. The van der Waals surface area contributed by atoms with Crippen molar-refractivity contribution in [1.82, 2.24) is 20.0 Å². The summed E-state index contributed by atoms with van der Waals surface area (Å²) >= 11 is 1.30. The molecular formula is C20H21F3N4O3S. The van der Waals surface area contributed by atoms with E-state index in [0.717, 1.165) is 12.1 Å². The fraction of sp³-hybridized carbons (Fsp3) is 0.350. The van der Waals surface area contributed by atoms with Crippen molar-refractivity contribution < 1.29 is 27.5 Å². The number of thiazole rings is 1. The summed E-state index contributed by atoms with van der Waals surface area (Å²) in [5, 5.41) is 6.97. The monoisotopic (exact) mass is 454 g/mol. The Morgan fingerprint density at radius 1 is 1.10 bits per heavy atom. The third-order valence-electron chi connectivity index (χ3n) is 4.04. The minimum atomic E-state index is -4.45. The summed E-state index contributed by atoms with van der Waals surface area (Å²) in [5.41, 5.74) is -0.546. The molecule has 0 spiro atoms. The zero-order valence-electron chi connectivity index (χ0n) is 17.0. The Morgan fingerprint density at radius 2 is 1.74 bits per heavy atom. The molecule has 7 nitrogen and oxygen atoms in total. The first-order valence-corrected chi connectivity index (χ1v) is 10.2. The summed E-state index contributed by atoms with van der Waals surface area (Å²) < 4.78 is 45.2. The number of alkyl carbamates (subject to hydrolysis) is 1. The number of alkyl halides is 3. The molecule has 0 aliphatic rings. The van der Waals surface area contributed by atoms with Gasteiger partial charge in [0.25, 0.3) is 5.91 Å². The first-order valence-electron chi connectivity index (χ1n) is 9.34. The van der Waals surface area contributed by atoms with Crippen molar-refractivity contribution >= 4 is 28.3 Å². The summed E-state index contributed by atoms with van der Waals surface area (Å²) in [6, 6.07) is 4.48. The molecule has 11 heteroatoms. The van der Waals surface area contributed by atoms with Crippen LogP contribution >= 0.6 is 11.3 Å². The van der Waals surface area contributed by atoms with E-state index in [9.17, 15) is 22.8 Å². The van der Waals surface area contributed by atoms with E-state index >= 15 is 0 Å². The average Bonchev–Trinajstić information content (AvgIpc) is 3.24. The van der Waals surface area contributed by atoms with Crippen molar-refractivity contribution in [1.29, 1.82) is 0 Å². The SMILES string of the molecule is CC(C)(C)OC(=O)NCCNC(=O)c1c(-c2ccc(C(F)(F)F)cc2)nc2sccn12. The predicted molar refractivity (Wildman–Crippen MR) is 110 cm³/mol. The normalized spacial score (nSPS) is 12.1. The predicted octanol–water partition coefficient (Wildman–Crippen LogP) is 4.34. The largest absolute Gasteiger partial charge is 0.444 e. The first kappa shape index (κ1) is 22.6. The molecule has 0 saturated heterocycles. The molecule has 2 N–H and O–H groups in total. The molecule has 166 valence electrons. The molecule has 2 aromatic heterocycles. The van der Waals surface area contributed by atoms with E-state index in [1.807, 2.05) is 0 Å². The van der Waals surface area contributed by atoms with Gasteiger partial charge in [-0.2, -0.15) is 13.2 Å². The second-order valence-electron chi connectivity index (χ2n) is 7.62. The highest BCUT2D eigenvalue weighted by Gasteiger charge is 2.30. The summed E-state index contributed by atoms with van der Waals surface area (Å²) in [6.07, 6.45) is -3.39. The van der Waals surface area contributed by atoms with Gasteiger partial charge in [-0.05, 0) is 32.9 Å². The van der Waals surface area contributed by atoms with E-state index in [1.165, 1.54) is 23.5 Å². The minimum absolute atomic E-state index is 0.127. The maximum absolute atomic E-state index is 12.8. The lowest BCUT2D eigenvalue weighted by Crippen LogP contribution is -2.38. The van der Waals surface area contributed by atoms with Crippen molar-refractivity contribution in [3.63, 3.8) is 0 Å². The Morgan fingerprint density at radius 3 is 2.35 bits per heavy atom. The van der Waals surface area contributed by atoms with Crippen molar-refractivity contribution in [2.45, 2.75) is 32.5 Å². The van der Waals surface area contributed by atoms with Crippen LogP contribution in [-0.2, 0) is 10.9 Å². The summed E-state index contributed by atoms with van der Waals surface area (Å²) in [7, 11) is 0. The number of hydrogen-bond acceptors (Lipinski definition) is 5. The summed E-state index contributed by atoms with van der Waals surface area (Å²) in [6.45, 7) is 5.48. The summed E-state index contributed by atoms with van der Waals surface area (Å²) in [5.74, 6) is -0.466. The summed E-state index contributed by atoms with van der Waals surface area (Å²) in [4.78, 5) is 29.4. The molecule has 2 amide bonds. The Hall–Kier alpha value is -3.08. The van der Waals surface area contributed by atoms with Crippen LogP contribution in [0.1, 0.15) is 36.8 Å². The number of halogens is 3. The van der Waals surface area contributed by atoms with Gasteiger partial charge in [-0.15, -0.1) is 11.3 Å². The van der Waals surface area contributed by atoms with Crippen LogP contribution in [-0.4, -0.2) is 40.1 Å². The number of nitrogens with zero attached hydrogens (tertiary/aromatic N) is 2. The van der Waals surface area contributed by atoms with E-state index in [0.29, 0.717) is 10.5 Å². The second-order valence-corrected chi connectivity index (χ2v) is 8.50. The number of rotatable bonds is 5.